The SMILES string of the molecule is O=C(O)Nc1ccc2nc(CO)cn2c1. The van der Waals surface area contributed by atoms with Crippen LogP contribution in [0.4, 0.5) is 10.5 Å². The number of aromatic nitrogens is 2. The van der Waals surface area contributed by atoms with E-state index in [-0.39, 0.29) is 6.61 Å². The van der Waals surface area contributed by atoms with E-state index in [0.717, 1.165) is 0 Å². The van der Waals surface area contributed by atoms with Gasteiger partial charge in [0, 0.05) is 12.4 Å². The lowest BCUT2D eigenvalue weighted by molar-refractivity contribution is 0.209. The Morgan fingerprint density at radius 1 is 1.47 bits per heavy atom. The first kappa shape index (κ1) is 9.47. The second-order valence-electron chi connectivity index (χ2n) is 3.00. The van der Waals surface area contributed by atoms with Crippen molar-refractivity contribution in [3.05, 3.63) is 30.2 Å². The monoisotopic (exact) mass is 207 g/mol. The molecule has 6 nitrogen and oxygen atoms in total. The van der Waals surface area contributed by atoms with Crippen molar-refractivity contribution in [1.29, 1.82) is 0 Å². The summed E-state index contributed by atoms with van der Waals surface area (Å²) in [6, 6.07) is 3.28. The minimum atomic E-state index is -1.11. The van der Waals surface area contributed by atoms with E-state index in [0.29, 0.717) is 17.0 Å². The van der Waals surface area contributed by atoms with Gasteiger partial charge < -0.3 is 14.6 Å². The lowest BCUT2D eigenvalue weighted by atomic mass is 10.4. The lowest BCUT2D eigenvalue weighted by Crippen LogP contribution is -2.07. The smallest absolute Gasteiger partial charge is 0.409 e. The van der Waals surface area contributed by atoms with E-state index >= 15 is 0 Å². The van der Waals surface area contributed by atoms with Crippen LogP contribution >= 0.6 is 0 Å². The molecule has 0 aliphatic carbocycles. The van der Waals surface area contributed by atoms with Crippen LogP contribution in [0.3, 0.4) is 0 Å². The van der Waals surface area contributed by atoms with Gasteiger partial charge in [-0.25, -0.2) is 9.78 Å². The Bertz CT molecular complexity index is 506. The van der Waals surface area contributed by atoms with Crippen molar-refractivity contribution in [3.8, 4) is 0 Å². The van der Waals surface area contributed by atoms with Gasteiger partial charge in [-0.2, -0.15) is 0 Å². The highest BCUT2D eigenvalue weighted by molar-refractivity contribution is 5.82. The van der Waals surface area contributed by atoms with Crippen LogP contribution in [-0.2, 0) is 6.61 Å². The highest BCUT2D eigenvalue weighted by Gasteiger charge is 2.02. The molecule has 0 fully saturated rings. The number of nitrogens with zero attached hydrogens (tertiary/aromatic N) is 2. The molecule has 0 atom stereocenters. The molecule has 0 radical (unpaired) electrons. The molecule has 1 amide bonds. The van der Waals surface area contributed by atoms with Crippen LogP contribution in [0.25, 0.3) is 5.65 Å². The Balaban J connectivity index is 2.41. The molecular weight excluding hydrogens is 198 g/mol. The zero-order valence-corrected chi connectivity index (χ0v) is 7.71. The predicted octanol–water partition coefficient (Wildman–Crippen LogP) is 0.916. The zero-order valence-electron chi connectivity index (χ0n) is 7.71. The molecule has 2 heterocycles. The topological polar surface area (TPSA) is 86.9 Å². The number of carbonyl (C=O) groups is 1. The number of pyridine rings is 1. The molecule has 0 aliphatic rings. The van der Waals surface area contributed by atoms with Gasteiger partial charge >= 0.3 is 6.09 Å². The largest absolute Gasteiger partial charge is 0.465 e. The van der Waals surface area contributed by atoms with E-state index in [1.54, 1.807) is 28.9 Å². The Morgan fingerprint density at radius 3 is 2.93 bits per heavy atom. The van der Waals surface area contributed by atoms with Gasteiger partial charge in [0.1, 0.15) is 5.65 Å². The first-order valence-electron chi connectivity index (χ1n) is 4.27. The van der Waals surface area contributed by atoms with Gasteiger partial charge in [-0.05, 0) is 12.1 Å². The minimum absolute atomic E-state index is 0.136. The number of aliphatic hydroxyl groups is 1. The molecule has 2 rings (SSSR count). The van der Waals surface area contributed by atoms with Crippen molar-refractivity contribution < 1.29 is 15.0 Å². The van der Waals surface area contributed by atoms with Gasteiger partial charge in [-0.15, -0.1) is 0 Å². The molecule has 0 aromatic carbocycles. The summed E-state index contributed by atoms with van der Waals surface area (Å²) in [5, 5.41) is 19.6. The Hall–Kier alpha value is -2.08. The zero-order chi connectivity index (χ0) is 10.8. The molecule has 78 valence electrons. The minimum Gasteiger partial charge on any atom is -0.465 e. The van der Waals surface area contributed by atoms with E-state index < -0.39 is 6.09 Å². The van der Waals surface area contributed by atoms with E-state index in [1.165, 1.54) is 0 Å². The maximum absolute atomic E-state index is 10.4. The normalized spacial score (nSPS) is 10.5. The number of amides is 1. The molecule has 2 aromatic rings. The van der Waals surface area contributed by atoms with Crippen LogP contribution in [0.1, 0.15) is 5.69 Å². The second kappa shape index (κ2) is 3.58. The summed E-state index contributed by atoms with van der Waals surface area (Å²) in [4.78, 5) is 14.5. The molecule has 0 saturated carbocycles. The summed E-state index contributed by atoms with van der Waals surface area (Å²) in [6.07, 6.45) is 2.12. The van der Waals surface area contributed by atoms with Gasteiger partial charge in [-0.3, -0.25) is 5.32 Å². The van der Waals surface area contributed by atoms with Gasteiger partial charge in [0.25, 0.3) is 0 Å². The molecule has 0 saturated heterocycles. The number of aliphatic hydroxyl groups excluding tert-OH is 1. The van der Waals surface area contributed by atoms with Crippen LogP contribution in [-0.4, -0.2) is 25.7 Å². The predicted molar refractivity (Wildman–Crippen MR) is 52.8 cm³/mol. The highest BCUT2D eigenvalue weighted by atomic mass is 16.4. The number of hydrogen-bond acceptors (Lipinski definition) is 3. The number of carboxylic acid groups (broad SMARTS) is 1. The van der Waals surface area contributed by atoms with Crippen molar-refractivity contribution in [2.24, 2.45) is 0 Å². The van der Waals surface area contributed by atoms with Gasteiger partial charge in [0.05, 0.1) is 18.0 Å². The van der Waals surface area contributed by atoms with Crippen molar-refractivity contribution in [2.75, 3.05) is 5.32 Å². The summed E-state index contributed by atoms with van der Waals surface area (Å²) < 4.78 is 1.65. The maximum Gasteiger partial charge on any atom is 0.409 e. The molecular formula is C9H9N3O3. The quantitative estimate of drug-likeness (QED) is 0.683. The molecule has 0 spiro atoms. The van der Waals surface area contributed by atoms with E-state index in [1.807, 2.05) is 0 Å². The average Bonchev–Trinajstić information content (AvgIpc) is 2.58. The fourth-order valence-electron chi connectivity index (χ4n) is 1.32. The third kappa shape index (κ3) is 1.89. The number of nitrogens with one attached hydrogen (secondary N) is 1. The van der Waals surface area contributed by atoms with Crippen LogP contribution < -0.4 is 5.32 Å². The summed E-state index contributed by atoms with van der Waals surface area (Å²) in [6.45, 7) is -0.136. The van der Waals surface area contributed by atoms with E-state index in [2.05, 4.69) is 10.3 Å². The number of anilines is 1. The molecule has 15 heavy (non-hydrogen) atoms. The lowest BCUT2D eigenvalue weighted by Gasteiger charge is -2.00. The van der Waals surface area contributed by atoms with Crippen LogP contribution in [0.15, 0.2) is 24.5 Å². The Labute approximate surface area is 84.8 Å². The van der Waals surface area contributed by atoms with Crippen molar-refractivity contribution in [2.45, 2.75) is 6.61 Å². The Morgan fingerprint density at radius 2 is 2.27 bits per heavy atom. The average molecular weight is 207 g/mol. The molecule has 0 unspecified atom stereocenters. The van der Waals surface area contributed by atoms with Crippen LogP contribution in [0.5, 0.6) is 0 Å². The van der Waals surface area contributed by atoms with Crippen molar-refractivity contribution in [3.63, 3.8) is 0 Å². The highest BCUT2D eigenvalue weighted by Crippen LogP contribution is 2.11. The van der Waals surface area contributed by atoms with Crippen molar-refractivity contribution >= 4 is 17.4 Å². The third-order valence-corrected chi connectivity index (χ3v) is 1.91. The summed E-state index contributed by atoms with van der Waals surface area (Å²) in [5.41, 5.74) is 1.66. The first-order chi connectivity index (χ1) is 7.19. The maximum atomic E-state index is 10.4. The number of imidazole rings is 1. The van der Waals surface area contributed by atoms with Gasteiger partial charge in [0.15, 0.2) is 0 Å². The van der Waals surface area contributed by atoms with E-state index in [9.17, 15) is 4.79 Å². The molecule has 0 bridgehead atoms. The standard InChI is InChI=1S/C9H9N3O3/c13-5-7-4-12-3-6(11-9(14)15)1-2-8(12)10-7/h1-4,11,13H,5H2,(H,14,15). The molecule has 0 aliphatic heterocycles. The summed E-state index contributed by atoms with van der Waals surface area (Å²) in [5.74, 6) is 0. The van der Waals surface area contributed by atoms with Gasteiger partial charge in [-0.1, -0.05) is 0 Å². The number of rotatable bonds is 2. The fourth-order valence-corrected chi connectivity index (χ4v) is 1.32. The van der Waals surface area contributed by atoms with Gasteiger partial charge in [0.2, 0.25) is 0 Å². The number of hydrogen-bond donors (Lipinski definition) is 3. The molecule has 3 N–H and O–H groups in total. The summed E-state index contributed by atoms with van der Waals surface area (Å²) in [7, 11) is 0. The fraction of sp³-hybridized carbons (Fsp3) is 0.111. The third-order valence-electron chi connectivity index (χ3n) is 1.91. The Kier molecular flexibility index (Phi) is 2.26. The molecule has 2 aromatic heterocycles. The first-order valence-corrected chi connectivity index (χ1v) is 4.27. The summed E-state index contributed by atoms with van der Waals surface area (Å²) >= 11 is 0. The van der Waals surface area contributed by atoms with Crippen LogP contribution in [0, 0.1) is 0 Å². The molecule has 6 heteroatoms. The number of fused-ring (bicyclic) bond motifs is 1. The van der Waals surface area contributed by atoms with Crippen LogP contribution in [0.2, 0.25) is 0 Å². The van der Waals surface area contributed by atoms with Crippen molar-refractivity contribution in [1.82, 2.24) is 9.38 Å². The second-order valence-corrected chi connectivity index (χ2v) is 3.00. The van der Waals surface area contributed by atoms with E-state index in [4.69, 9.17) is 10.2 Å².